The molecule has 0 radical (unpaired) electrons. The molecule has 4 unspecified atom stereocenters. The Kier molecular flexibility index (Phi) is 10.6. The van der Waals surface area contributed by atoms with Crippen LogP contribution in [0.4, 0.5) is 0 Å². The Morgan fingerprint density at radius 1 is 0.854 bits per heavy atom. The van der Waals surface area contributed by atoms with Crippen molar-refractivity contribution in [1.82, 2.24) is 15.3 Å². The predicted octanol–water partition coefficient (Wildman–Crippen LogP) is 6.85. The third-order valence-electron chi connectivity index (χ3n) is 8.31. The van der Waals surface area contributed by atoms with Gasteiger partial charge in [0.1, 0.15) is 5.03 Å². The molecule has 0 aliphatic carbocycles. The number of aliphatic hydroxyl groups is 1. The van der Waals surface area contributed by atoms with Gasteiger partial charge in [0.2, 0.25) is 0 Å². The third-order valence-corrected chi connectivity index (χ3v) is 9.40. The van der Waals surface area contributed by atoms with Crippen molar-refractivity contribution in [1.29, 1.82) is 0 Å². The minimum absolute atomic E-state index is 0.0484. The van der Waals surface area contributed by atoms with Crippen LogP contribution in [0.3, 0.4) is 0 Å². The average molecular weight is 662 g/mol. The van der Waals surface area contributed by atoms with Crippen LogP contribution in [-0.2, 0) is 22.6 Å². The van der Waals surface area contributed by atoms with Crippen LogP contribution in [0.15, 0.2) is 121 Å². The van der Waals surface area contributed by atoms with Gasteiger partial charge in [-0.05, 0) is 64.2 Å². The van der Waals surface area contributed by atoms with Gasteiger partial charge in [-0.3, -0.25) is 9.78 Å². The van der Waals surface area contributed by atoms with E-state index in [4.69, 9.17) is 9.47 Å². The highest BCUT2D eigenvalue weighted by molar-refractivity contribution is 7.99. The Balaban J connectivity index is 1.24. The molecule has 3 heterocycles. The van der Waals surface area contributed by atoms with Gasteiger partial charge in [-0.25, -0.2) is 9.78 Å². The SMILES string of the molecule is CC1C(CSc2ncccc2C(=O)O)OC(c2cccc(-c3cccc(CNC(=O)c4cccnc4)c3)c2)OC1c1ccc(CO)cc1. The number of carbonyl (C=O) groups is 2. The molecule has 10 heteroatoms. The molecule has 4 atom stereocenters. The number of hydrogen-bond donors (Lipinski definition) is 3. The number of thioether (sulfide) groups is 1. The van der Waals surface area contributed by atoms with E-state index >= 15 is 0 Å². The molecule has 1 aliphatic rings. The first-order valence-corrected chi connectivity index (χ1v) is 16.6. The number of nitrogens with zero attached hydrogens (tertiary/aromatic N) is 2. The summed E-state index contributed by atoms with van der Waals surface area (Å²) in [6.07, 6.45) is 3.45. The maximum Gasteiger partial charge on any atom is 0.338 e. The van der Waals surface area contributed by atoms with E-state index in [1.165, 1.54) is 18.0 Å². The van der Waals surface area contributed by atoms with Gasteiger partial charge >= 0.3 is 5.97 Å². The zero-order valence-electron chi connectivity index (χ0n) is 26.2. The zero-order chi connectivity index (χ0) is 33.5. The average Bonchev–Trinajstić information content (AvgIpc) is 3.14. The van der Waals surface area contributed by atoms with E-state index in [0.29, 0.717) is 22.9 Å². The summed E-state index contributed by atoms with van der Waals surface area (Å²) in [6, 6.07) is 30.3. The van der Waals surface area contributed by atoms with E-state index < -0.39 is 12.3 Å². The van der Waals surface area contributed by atoms with Gasteiger partial charge < -0.3 is 25.0 Å². The monoisotopic (exact) mass is 661 g/mol. The largest absolute Gasteiger partial charge is 0.478 e. The second-order valence-electron chi connectivity index (χ2n) is 11.5. The second kappa shape index (κ2) is 15.4. The van der Waals surface area contributed by atoms with E-state index in [0.717, 1.165) is 33.4 Å². The molecule has 2 aromatic heterocycles. The number of hydrogen-bond acceptors (Lipinski definition) is 8. The lowest BCUT2D eigenvalue weighted by Crippen LogP contribution is -2.38. The topological polar surface area (TPSA) is 131 Å². The van der Waals surface area contributed by atoms with Crippen LogP contribution in [0.1, 0.15) is 62.3 Å². The van der Waals surface area contributed by atoms with Crippen LogP contribution in [0.2, 0.25) is 0 Å². The third kappa shape index (κ3) is 7.80. The maximum atomic E-state index is 12.6. The number of benzene rings is 3. The lowest BCUT2D eigenvalue weighted by molar-refractivity contribution is -0.268. The molecule has 0 saturated carbocycles. The number of rotatable bonds is 11. The fourth-order valence-corrected chi connectivity index (χ4v) is 6.80. The molecule has 1 saturated heterocycles. The summed E-state index contributed by atoms with van der Waals surface area (Å²) in [5.74, 6) is -0.821. The Morgan fingerprint density at radius 2 is 1.62 bits per heavy atom. The van der Waals surface area contributed by atoms with Crippen LogP contribution in [0.25, 0.3) is 11.1 Å². The molecule has 3 N–H and O–H groups in total. The summed E-state index contributed by atoms with van der Waals surface area (Å²) in [6.45, 7) is 2.38. The Labute approximate surface area is 283 Å². The molecule has 3 aromatic carbocycles. The molecule has 1 aliphatic heterocycles. The summed E-state index contributed by atoms with van der Waals surface area (Å²) >= 11 is 1.35. The van der Waals surface area contributed by atoms with Crippen LogP contribution in [0.5, 0.6) is 0 Å². The van der Waals surface area contributed by atoms with Crippen molar-refractivity contribution >= 4 is 23.6 Å². The van der Waals surface area contributed by atoms with E-state index in [2.05, 4.69) is 22.2 Å². The highest BCUT2D eigenvalue weighted by atomic mass is 32.2. The van der Waals surface area contributed by atoms with E-state index in [-0.39, 0.29) is 36.2 Å². The molecule has 0 spiro atoms. The number of aliphatic hydroxyl groups excluding tert-OH is 1. The van der Waals surface area contributed by atoms with Crippen LogP contribution in [-0.4, -0.2) is 43.9 Å². The Hall–Kier alpha value is -4.87. The lowest BCUT2D eigenvalue weighted by Gasteiger charge is -2.41. The first kappa shape index (κ1) is 33.0. The summed E-state index contributed by atoms with van der Waals surface area (Å²) in [4.78, 5) is 32.7. The van der Waals surface area contributed by atoms with Crippen molar-refractivity contribution < 1.29 is 29.3 Å². The molecule has 0 bridgehead atoms. The molecule has 6 rings (SSSR count). The van der Waals surface area contributed by atoms with Crippen molar-refractivity contribution in [3.05, 3.63) is 149 Å². The molecule has 1 fully saturated rings. The Bertz CT molecular complexity index is 1870. The van der Waals surface area contributed by atoms with Crippen molar-refractivity contribution in [2.24, 2.45) is 5.92 Å². The lowest BCUT2D eigenvalue weighted by atomic mass is 9.91. The fourth-order valence-electron chi connectivity index (χ4n) is 5.65. The van der Waals surface area contributed by atoms with Crippen molar-refractivity contribution in [3.8, 4) is 11.1 Å². The van der Waals surface area contributed by atoms with Crippen molar-refractivity contribution in [2.75, 3.05) is 5.75 Å². The maximum absolute atomic E-state index is 12.6. The molecular formula is C38H35N3O6S. The van der Waals surface area contributed by atoms with Gasteiger partial charge in [0, 0.05) is 42.4 Å². The summed E-state index contributed by atoms with van der Waals surface area (Å²) in [5.41, 5.74) is 6.17. The number of aromatic carboxylic acids is 1. The number of aromatic nitrogens is 2. The van der Waals surface area contributed by atoms with Crippen LogP contribution < -0.4 is 5.32 Å². The van der Waals surface area contributed by atoms with Gasteiger partial charge in [0.25, 0.3) is 5.91 Å². The van der Waals surface area contributed by atoms with Crippen molar-refractivity contribution in [3.63, 3.8) is 0 Å². The summed E-state index contributed by atoms with van der Waals surface area (Å²) in [7, 11) is 0. The minimum atomic E-state index is -1.02. The highest BCUT2D eigenvalue weighted by Crippen LogP contribution is 2.43. The quantitative estimate of drug-likeness (QED) is 0.130. The van der Waals surface area contributed by atoms with Gasteiger partial charge in [0.05, 0.1) is 29.9 Å². The summed E-state index contributed by atoms with van der Waals surface area (Å²) in [5, 5.41) is 22.6. The van der Waals surface area contributed by atoms with Gasteiger partial charge in [-0.2, -0.15) is 0 Å². The first-order valence-electron chi connectivity index (χ1n) is 15.6. The molecule has 1 amide bonds. The Morgan fingerprint density at radius 3 is 2.38 bits per heavy atom. The number of carboxylic acids is 1. The normalized spacial score (nSPS) is 19.0. The van der Waals surface area contributed by atoms with Gasteiger partial charge in [0.15, 0.2) is 6.29 Å². The standard InChI is InChI=1S/C38H35N3O6S/c1-24-33(23-48-36-32(37(44)45)11-5-17-40-36)46-38(47-34(24)27-14-12-25(22-42)13-15-27)30-9-3-8-29(19-30)28-7-2-6-26(18-28)20-41-35(43)31-10-4-16-39-21-31/h2-19,21,24,33-34,38,42H,20,22-23H2,1H3,(H,41,43)(H,44,45). The van der Waals surface area contributed by atoms with Gasteiger partial charge in [-0.15, -0.1) is 11.8 Å². The molecule has 9 nitrogen and oxygen atoms in total. The molecular weight excluding hydrogens is 627 g/mol. The minimum Gasteiger partial charge on any atom is -0.478 e. The van der Waals surface area contributed by atoms with E-state index in [1.54, 1.807) is 36.7 Å². The van der Waals surface area contributed by atoms with E-state index in [9.17, 15) is 19.8 Å². The number of ether oxygens (including phenoxy) is 2. The first-order chi connectivity index (χ1) is 23.4. The highest BCUT2D eigenvalue weighted by Gasteiger charge is 2.38. The number of amides is 1. The number of carbonyl (C=O) groups excluding carboxylic acids is 1. The number of nitrogens with one attached hydrogen (secondary N) is 1. The molecule has 244 valence electrons. The van der Waals surface area contributed by atoms with Crippen LogP contribution in [0, 0.1) is 5.92 Å². The fraction of sp³-hybridized carbons (Fsp3) is 0.211. The number of pyridine rings is 2. The van der Waals surface area contributed by atoms with Gasteiger partial charge in [-0.1, -0.05) is 67.6 Å². The predicted molar refractivity (Wildman–Crippen MR) is 182 cm³/mol. The smallest absolute Gasteiger partial charge is 0.338 e. The second-order valence-corrected chi connectivity index (χ2v) is 12.6. The molecule has 48 heavy (non-hydrogen) atoms. The van der Waals surface area contributed by atoms with E-state index in [1.807, 2.05) is 72.8 Å². The van der Waals surface area contributed by atoms with Crippen LogP contribution >= 0.6 is 11.8 Å². The van der Waals surface area contributed by atoms with Crippen molar-refractivity contribution in [2.45, 2.75) is 43.6 Å². The summed E-state index contributed by atoms with van der Waals surface area (Å²) < 4.78 is 13.3. The zero-order valence-corrected chi connectivity index (χ0v) is 27.0. The number of carboxylic acid groups (broad SMARTS) is 1. The molecule has 5 aromatic rings.